The summed E-state index contributed by atoms with van der Waals surface area (Å²) < 4.78 is 0. The summed E-state index contributed by atoms with van der Waals surface area (Å²) >= 11 is 12.1. The van der Waals surface area contributed by atoms with Crippen molar-refractivity contribution in [1.29, 1.82) is 0 Å². The molecule has 1 aromatic rings. The van der Waals surface area contributed by atoms with Crippen molar-refractivity contribution in [2.45, 2.75) is 25.6 Å². The summed E-state index contributed by atoms with van der Waals surface area (Å²) in [6.45, 7) is 4.55. The molecular formula is C12H13Cl2NO. The number of nitrogens with zero attached hydrogens (tertiary/aromatic N) is 1. The van der Waals surface area contributed by atoms with E-state index >= 15 is 0 Å². The molecule has 1 saturated heterocycles. The van der Waals surface area contributed by atoms with Crippen LogP contribution in [0.4, 0.5) is 5.69 Å². The number of aryl methyl sites for hydroxylation is 2. The Bertz CT molecular complexity index is 445. The number of carbonyl (C=O) groups excluding carboxylic acids is 1. The van der Waals surface area contributed by atoms with Gasteiger partial charge in [0.1, 0.15) is 0 Å². The van der Waals surface area contributed by atoms with Gasteiger partial charge in [-0.3, -0.25) is 4.79 Å². The predicted octanol–water partition coefficient (Wildman–Crippen LogP) is 3.30. The average molecular weight is 258 g/mol. The van der Waals surface area contributed by atoms with Crippen LogP contribution in [-0.2, 0) is 4.79 Å². The quantitative estimate of drug-likeness (QED) is 0.708. The van der Waals surface area contributed by atoms with Crippen molar-refractivity contribution in [3.05, 3.63) is 28.3 Å². The molecule has 0 bridgehead atoms. The second-order valence-corrected chi connectivity index (χ2v) is 5.22. The summed E-state index contributed by atoms with van der Waals surface area (Å²) in [4.78, 5) is 13.4. The van der Waals surface area contributed by atoms with Gasteiger partial charge in [0.15, 0.2) is 0 Å². The zero-order valence-electron chi connectivity index (χ0n) is 9.26. The standard InChI is InChI=1S/C12H13Cl2NO/c1-7-3-10(14)11(4-8(7)2)15-6-9(13)5-12(15)16/h3-4,9H,5-6H2,1-2H3. The first-order valence-corrected chi connectivity index (χ1v) is 6.01. The molecule has 1 atom stereocenters. The molecule has 0 saturated carbocycles. The molecule has 1 amide bonds. The number of halogens is 2. The Morgan fingerprint density at radius 3 is 2.50 bits per heavy atom. The minimum Gasteiger partial charge on any atom is -0.309 e. The Labute approximate surface area is 105 Å². The second kappa shape index (κ2) is 4.27. The van der Waals surface area contributed by atoms with E-state index in [4.69, 9.17) is 23.2 Å². The molecule has 0 spiro atoms. The van der Waals surface area contributed by atoms with Crippen LogP contribution in [0.25, 0.3) is 0 Å². The number of hydrogen-bond donors (Lipinski definition) is 0. The SMILES string of the molecule is Cc1cc(Cl)c(N2CC(Cl)CC2=O)cc1C. The first-order chi connectivity index (χ1) is 7.49. The van der Waals surface area contributed by atoms with Crippen LogP contribution in [0.3, 0.4) is 0 Å². The molecule has 1 heterocycles. The highest BCUT2D eigenvalue weighted by molar-refractivity contribution is 6.34. The minimum absolute atomic E-state index is 0.0464. The van der Waals surface area contributed by atoms with Crippen LogP contribution < -0.4 is 4.90 Å². The van der Waals surface area contributed by atoms with Gasteiger partial charge >= 0.3 is 0 Å². The maximum Gasteiger partial charge on any atom is 0.228 e. The molecule has 1 aromatic carbocycles. The highest BCUT2D eigenvalue weighted by Gasteiger charge is 2.30. The smallest absolute Gasteiger partial charge is 0.228 e. The lowest BCUT2D eigenvalue weighted by Crippen LogP contribution is -2.25. The molecule has 0 N–H and O–H groups in total. The van der Waals surface area contributed by atoms with Crippen molar-refractivity contribution in [2.75, 3.05) is 11.4 Å². The van der Waals surface area contributed by atoms with Gasteiger partial charge in [0, 0.05) is 13.0 Å². The van der Waals surface area contributed by atoms with Gasteiger partial charge in [0.2, 0.25) is 5.91 Å². The summed E-state index contributed by atoms with van der Waals surface area (Å²) in [5.41, 5.74) is 3.03. The van der Waals surface area contributed by atoms with Gasteiger partial charge in [-0.25, -0.2) is 0 Å². The van der Waals surface area contributed by atoms with Gasteiger partial charge in [-0.2, -0.15) is 0 Å². The van der Waals surface area contributed by atoms with Crippen LogP contribution in [0.2, 0.25) is 5.02 Å². The molecule has 4 heteroatoms. The molecule has 0 aliphatic carbocycles. The zero-order valence-corrected chi connectivity index (χ0v) is 10.8. The Hall–Kier alpha value is -0.730. The first kappa shape index (κ1) is 11.7. The maximum absolute atomic E-state index is 11.7. The predicted molar refractivity (Wildman–Crippen MR) is 67.5 cm³/mol. The van der Waals surface area contributed by atoms with Gasteiger partial charge < -0.3 is 4.90 Å². The van der Waals surface area contributed by atoms with Crippen LogP contribution in [0.1, 0.15) is 17.5 Å². The van der Waals surface area contributed by atoms with Crippen LogP contribution in [0, 0.1) is 13.8 Å². The van der Waals surface area contributed by atoms with Crippen LogP contribution in [0.5, 0.6) is 0 Å². The van der Waals surface area contributed by atoms with E-state index in [1.807, 2.05) is 26.0 Å². The number of hydrogen-bond acceptors (Lipinski definition) is 1. The summed E-state index contributed by atoms with van der Waals surface area (Å²) in [5, 5.41) is 0.507. The van der Waals surface area contributed by atoms with E-state index in [1.165, 1.54) is 0 Å². The van der Waals surface area contributed by atoms with Crippen molar-refractivity contribution >= 4 is 34.8 Å². The summed E-state index contributed by atoms with van der Waals surface area (Å²) in [5.74, 6) is 0.0464. The number of benzene rings is 1. The number of anilines is 1. The summed E-state index contributed by atoms with van der Waals surface area (Å²) in [6.07, 6.45) is 0.394. The Morgan fingerprint density at radius 1 is 1.31 bits per heavy atom. The first-order valence-electron chi connectivity index (χ1n) is 5.20. The second-order valence-electron chi connectivity index (χ2n) is 4.19. The molecule has 1 unspecified atom stereocenters. The number of alkyl halides is 1. The zero-order chi connectivity index (χ0) is 11.9. The van der Waals surface area contributed by atoms with Gasteiger partial charge in [0.05, 0.1) is 16.1 Å². The maximum atomic E-state index is 11.7. The van der Waals surface area contributed by atoms with E-state index in [0.29, 0.717) is 18.0 Å². The van der Waals surface area contributed by atoms with E-state index in [9.17, 15) is 4.79 Å². The fraction of sp³-hybridized carbons (Fsp3) is 0.417. The van der Waals surface area contributed by atoms with Gasteiger partial charge in [0.25, 0.3) is 0 Å². The number of rotatable bonds is 1. The van der Waals surface area contributed by atoms with Crippen LogP contribution >= 0.6 is 23.2 Å². The minimum atomic E-state index is -0.106. The van der Waals surface area contributed by atoms with Crippen molar-refractivity contribution in [3.63, 3.8) is 0 Å². The lowest BCUT2D eigenvalue weighted by Gasteiger charge is -2.19. The van der Waals surface area contributed by atoms with Crippen molar-refractivity contribution < 1.29 is 4.79 Å². The monoisotopic (exact) mass is 257 g/mol. The third kappa shape index (κ3) is 2.04. The normalized spacial score (nSPS) is 20.6. The molecule has 2 nitrogen and oxygen atoms in total. The van der Waals surface area contributed by atoms with E-state index in [-0.39, 0.29) is 11.3 Å². The molecule has 1 aliphatic rings. The largest absolute Gasteiger partial charge is 0.309 e. The summed E-state index contributed by atoms with van der Waals surface area (Å²) in [7, 11) is 0. The van der Waals surface area contributed by atoms with Crippen molar-refractivity contribution in [1.82, 2.24) is 0 Å². The Balaban J connectivity index is 2.41. The fourth-order valence-corrected chi connectivity index (χ4v) is 2.46. The molecular weight excluding hydrogens is 245 g/mol. The Kier molecular flexibility index (Phi) is 3.13. The van der Waals surface area contributed by atoms with Crippen LogP contribution in [0.15, 0.2) is 12.1 Å². The van der Waals surface area contributed by atoms with Gasteiger partial charge in [-0.05, 0) is 37.1 Å². The highest BCUT2D eigenvalue weighted by Crippen LogP contribution is 2.32. The Morgan fingerprint density at radius 2 is 1.94 bits per heavy atom. The fourth-order valence-electron chi connectivity index (χ4n) is 1.87. The third-order valence-corrected chi connectivity index (χ3v) is 3.53. The van der Waals surface area contributed by atoms with Crippen molar-refractivity contribution in [2.24, 2.45) is 0 Å². The lowest BCUT2D eigenvalue weighted by molar-refractivity contribution is -0.117. The molecule has 2 rings (SSSR count). The summed E-state index contributed by atoms with van der Waals surface area (Å²) in [6, 6.07) is 3.84. The van der Waals surface area contributed by atoms with Crippen LogP contribution in [-0.4, -0.2) is 17.8 Å². The molecule has 86 valence electrons. The molecule has 1 fully saturated rings. The average Bonchev–Trinajstić information content (AvgIpc) is 2.51. The van der Waals surface area contributed by atoms with E-state index in [0.717, 1.165) is 16.8 Å². The molecule has 1 aliphatic heterocycles. The van der Waals surface area contributed by atoms with Gasteiger partial charge in [-0.15, -0.1) is 11.6 Å². The van der Waals surface area contributed by atoms with E-state index < -0.39 is 0 Å². The topological polar surface area (TPSA) is 20.3 Å². The molecule has 16 heavy (non-hydrogen) atoms. The van der Waals surface area contributed by atoms with E-state index in [2.05, 4.69) is 0 Å². The number of amides is 1. The lowest BCUT2D eigenvalue weighted by atomic mass is 10.1. The van der Waals surface area contributed by atoms with E-state index in [1.54, 1.807) is 4.90 Å². The van der Waals surface area contributed by atoms with Crippen molar-refractivity contribution in [3.8, 4) is 0 Å². The number of carbonyl (C=O) groups is 1. The molecule has 0 aromatic heterocycles. The molecule has 0 radical (unpaired) electrons. The third-order valence-electron chi connectivity index (χ3n) is 2.93. The highest BCUT2D eigenvalue weighted by atomic mass is 35.5. The van der Waals surface area contributed by atoms with Gasteiger partial charge in [-0.1, -0.05) is 11.6 Å².